The van der Waals surface area contributed by atoms with Crippen LogP contribution in [0.25, 0.3) is 0 Å². The van der Waals surface area contributed by atoms with Crippen LogP contribution in [0, 0.1) is 0 Å². The van der Waals surface area contributed by atoms with E-state index in [-0.39, 0.29) is 5.54 Å². The second kappa shape index (κ2) is 5.76. The van der Waals surface area contributed by atoms with Gasteiger partial charge < -0.3 is 4.90 Å². The Kier molecular flexibility index (Phi) is 3.98. The molecule has 0 unspecified atom stereocenters. The molecule has 0 N–H and O–H groups in total. The summed E-state index contributed by atoms with van der Waals surface area (Å²) in [7, 11) is 2.01. The van der Waals surface area contributed by atoms with Crippen LogP contribution < -0.4 is 0 Å². The summed E-state index contributed by atoms with van der Waals surface area (Å²) in [5.41, 5.74) is 1.38. The van der Waals surface area contributed by atoms with E-state index in [1.165, 1.54) is 12.0 Å². The first-order chi connectivity index (χ1) is 10.2. The lowest BCUT2D eigenvalue weighted by Crippen LogP contribution is -2.61. The molecule has 0 saturated carbocycles. The highest BCUT2D eigenvalue weighted by atomic mass is 16.2. The molecule has 2 saturated heterocycles. The van der Waals surface area contributed by atoms with Crippen LogP contribution in [0.5, 0.6) is 0 Å². The maximum atomic E-state index is 12.1. The monoisotopic (exact) mass is 287 g/mol. The molecule has 2 fully saturated rings. The van der Waals surface area contributed by atoms with Crippen LogP contribution in [0.15, 0.2) is 24.5 Å². The molecule has 1 spiro atoms. The SMILES string of the molecule is CC[C@@H]1N(Cc2ccncc2)CCC[C@]12CCC(=O)N2C. The van der Waals surface area contributed by atoms with Gasteiger partial charge in [0, 0.05) is 38.4 Å². The van der Waals surface area contributed by atoms with Crippen molar-refractivity contribution in [2.24, 2.45) is 0 Å². The van der Waals surface area contributed by atoms with E-state index in [1.54, 1.807) is 0 Å². The first-order valence-corrected chi connectivity index (χ1v) is 8.07. The first-order valence-electron chi connectivity index (χ1n) is 8.07. The van der Waals surface area contributed by atoms with Crippen LogP contribution in [-0.2, 0) is 11.3 Å². The third kappa shape index (κ3) is 2.46. The molecule has 0 aliphatic carbocycles. The summed E-state index contributed by atoms with van der Waals surface area (Å²) in [5.74, 6) is 0.319. The molecule has 0 aromatic carbocycles. The number of aromatic nitrogens is 1. The van der Waals surface area contributed by atoms with Crippen LogP contribution in [0.3, 0.4) is 0 Å². The minimum absolute atomic E-state index is 0.0666. The molecule has 0 bridgehead atoms. The zero-order valence-corrected chi connectivity index (χ0v) is 13.1. The van der Waals surface area contributed by atoms with E-state index < -0.39 is 0 Å². The predicted molar refractivity (Wildman–Crippen MR) is 82.7 cm³/mol. The van der Waals surface area contributed by atoms with Crippen molar-refractivity contribution in [1.82, 2.24) is 14.8 Å². The van der Waals surface area contributed by atoms with Crippen LogP contribution in [0.2, 0.25) is 0 Å². The predicted octanol–water partition coefficient (Wildman–Crippen LogP) is 2.45. The van der Waals surface area contributed by atoms with Gasteiger partial charge in [0.15, 0.2) is 0 Å². The number of hydrogen-bond donors (Lipinski definition) is 0. The van der Waals surface area contributed by atoms with Crippen molar-refractivity contribution in [2.75, 3.05) is 13.6 Å². The van der Waals surface area contributed by atoms with Crippen molar-refractivity contribution in [3.63, 3.8) is 0 Å². The van der Waals surface area contributed by atoms with Crippen molar-refractivity contribution < 1.29 is 4.79 Å². The molecule has 4 heteroatoms. The van der Waals surface area contributed by atoms with Gasteiger partial charge in [-0.2, -0.15) is 0 Å². The van der Waals surface area contributed by atoms with E-state index in [9.17, 15) is 4.79 Å². The van der Waals surface area contributed by atoms with E-state index in [2.05, 4.69) is 33.8 Å². The Balaban J connectivity index is 1.83. The highest BCUT2D eigenvalue weighted by molar-refractivity contribution is 5.79. The number of carbonyl (C=O) groups excluding carboxylic acids is 1. The Morgan fingerprint density at radius 3 is 2.71 bits per heavy atom. The van der Waals surface area contributed by atoms with E-state index in [1.807, 2.05) is 19.4 Å². The van der Waals surface area contributed by atoms with Gasteiger partial charge >= 0.3 is 0 Å². The largest absolute Gasteiger partial charge is 0.338 e. The summed E-state index contributed by atoms with van der Waals surface area (Å²) >= 11 is 0. The maximum absolute atomic E-state index is 12.1. The van der Waals surface area contributed by atoms with Crippen molar-refractivity contribution >= 4 is 5.91 Å². The van der Waals surface area contributed by atoms with Gasteiger partial charge in [0.2, 0.25) is 5.91 Å². The van der Waals surface area contributed by atoms with Gasteiger partial charge in [-0.25, -0.2) is 0 Å². The number of likely N-dealkylation sites (tertiary alicyclic amines) is 2. The molecule has 2 aliphatic heterocycles. The minimum Gasteiger partial charge on any atom is -0.338 e. The number of piperidine rings is 1. The summed E-state index contributed by atoms with van der Waals surface area (Å²) in [6, 6.07) is 4.66. The third-order valence-electron chi connectivity index (χ3n) is 5.45. The molecule has 1 aromatic heterocycles. The van der Waals surface area contributed by atoms with Crippen LogP contribution in [0.4, 0.5) is 0 Å². The number of pyridine rings is 1. The number of carbonyl (C=O) groups is 1. The van der Waals surface area contributed by atoms with Crippen molar-refractivity contribution in [3.05, 3.63) is 30.1 Å². The second-order valence-electron chi connectivity index (χ2n) is 6.41. The smallest absolute Gasteiger partial charge is 0.222 e. The maximum Gasteiger partial charge on any atom is 0.222 e. The Morgan fingerprint density at radius 2 is 2.10 bits per heavy atom. The average Bonchev–Trinajstić information content (AvgIpc) is 2.78. The molecule has 1 amide bonds. The van der Waals surface area contributed by atoms with Gasteiger partial charge in [0.05, 0.1) is 5.54 Å². The van der Waals surface area contributed by atoms with Crippen molar-refractivity contribution in [3.8, 4) is 0 Å². The van der Waals surface area contributed by atoms with Crippen LogP contribution in [0.1, 0.15) is 44.6 Å². The summed E-state index contributed by atoms with van der Waals surface area (Å²) in [5, 5.41) is 0. The second-order valence-corrected chi connectivity index (χ2v) is 6.41. The van der Waals surface area contributed by atoms with E-state index >= 15 is 0 Å². The van der Waals surface area contributed by atoms with Crippen LogP contribution in [-0.4, -0.2) is 45.9 Å². The normalized spacial score (nSPS) is 30.3. The number of likely N-dealkylation sites (N-methyl/N-ethyl adjacent to an activating group) is 1. The van der Waals surface area contributed by atoms with Gasteiger partial charge in [-0.15, -0.1) is 0 Å². The average molecular weight is 287 g/mol. The van der Waals surface area contributed by atoms with Gasteiger partial charge in [0.25, 0.3) is 0 Å². The molecular formula is C17H25N3O. The fraction of sp³-hybridized carbons (Fsp3) is 0.647. The summed E-state index contributed by atoms with van der Waals surface area (Å²) in [4.78, 5) is 20.8. The molecule has 1 aromatic rings. The number of hydrogen-bond acceptors (Lipinski definition) is 3. The number of amides is 1. The van der Waals surface area contributed by atoms with E-state index in [4.69, 9.17) is 0 Å². The lowest BCUT2D eigenvalue weighted by Gasteiger charge is -2.51. The van der Waals surface area contributed by atoms with Gasteiger partial charge in [-0.1, -0.05) is 6.92 Å². The van der Waals surface area contributed by atoms with Gasteiger partial charge in [-0.3, -0.25) is 14.7 Å². The standard InChI is InChI=1S/C17H25N3O/c1-3-15-17(9-5-16(21)19(17)2)8-4-12-20(15)13-14-6-10-18-11-7-14/h6-7,10-11,15H,3-5,8-9,12-13H2,1-2H3/t15-,17-/m0/s1. The topological polar surface area (TPSA) is 36.4 Å². The quantitative estimate of drug-likeness (QED) is 0.857. The Bertz CT molecular complexity index is 504. The highest BCUT2D eigenvalue weighted by Crippen LogP contribution is 2.42. The zero-order chi connectivity index (χ0) is 14.9. The summed E-state index contributed by atoms with van der Waals surface area (Å²) < 4.78 is 0. The molecule has 21 heavy (non-hydrogen) atoms. The van der Waals surface area contributed by atoms with E-state index in [0.717, 1.165) is 38.8 Å². The lowest BCUT2D eigenvalue weighted by molar-refractivity contribution is -0.133. The van der Waals surface area contributed by atoms with Gasteiger partial charge in [0.1, 0.15) is 0 Å². The molecule has 114 valence electrons. The zero-order valence-electron chi connectivity index (χ0n) is 13.1. The molecule has 3 rings (SSSR count). The lowest BCUT2D eigenvalue weighted by atomic mass is 9.77. The Labute approximate surface area is 127 Å². The highest BCUT2D eigenvalue weighted by Gasteiger charge is 2.51. The fourth-order valence-electron chi connectivity index (χ4n) is 4.39. The molecule has 0 radical (unpaired) electrons. The molecule has 4 nitrogen and oxygen atoms in total. The van der Waals surface area contributed by atoms with Crippen molar-refractivity contribution in [1.29, 1.82) is 0 Å². The molecule has 2 aliphatic rings. The Morgan fingerprint density at radius 1 is 1.33 bits per heavy atom. The van der Waals surface area contributed by atoms with E-state index in [0.29, 0.717) is 11.9 Å². The first kappa shape index (κ1) is 14.5. The summed E-state index contributed by atoms with van der Waals surface area (Å²) in [6.45, 7) is 4.35. The molecule has 3 heterocycles. The van der Waals surface area contributed by atoms with Crippen LogP contribution >= 0.6 is 0 Å². The third-order valence-corrected chi connectivity index (χ3v) is 5.45. The Hall–Kier alpha value is -1.42. The number of nitrogens with zero attached hydrogens (tertiary/aromatic N) is 3. The molecular weight excluding hydrogens is 262 g/mol. The molecule has 2 atom stereocenters. The minimum atomic E-state index is 0.0666. The number of rotatable bonds is 3. The summed E-state index contributed by atoms with van der Waals surface area (Å²) in [6.07, 6.45) is 8.90. The van der Waals surface area contributed by atoms with Gasteiger partial charge in [-0.05, 0) is 49.9 Å². The van der Waals surface area contributed by atoms with Crippen molar-refractivity contribution in [2.45, 2.75) is 57.2 Å². The fourth-order valence-corrected chi connectivity index (χ4v) is 4.39.